The third-order valence-corrected chi connectivity index (χ3v) is 9.29. The fraction of sp³-hybridized carbons (Fsp3) is 0.400. The molecule has 1 aliphatic carbocycles. The summed E-state index contributed by atoms with van der Waals surface area (Å²) in [6, 6.07) is 6.90. The Bertz CT molecular complexity index is 1170. The lowest BCUT2D eigenvalue weighted by molar-refractivity contribution is 0.384. The Morgan fingerprint density at radius 1 is 1.03 bits per heavy atom. The molecule has 0 bridgehead atoms. The highest BCUT2D eigenvalue weighted by molar-refractivity contribution is 9.10. The van der Waals surface area contributed by atoms with E-state index in [2.05, 4.69) is 30.8 Å². The van der Waals surface area contributed by atoms with Crippen molar-refractivity contribution in [3.63, 3.8) is 0 Å². The van der Waals surface area contributed by atoms with E-state index in [1.807, 2.05) is 6.07 Å². The average molecular weight is 493 g/mol. The summed E-state index contributed by atoms with van der Waals surface area (Å²) in [5.41, 5.74) is 1.41. The van der Waals surface area contributed by atoms with E-state index < -0.39 is 10.0 Å². The molecule has 0 saturated carbocycles. The van der Waals surface area contributed by atoms with Gasteiger partial charge in [-0.3, -0.25) is 0 Å². The number of thiophene rings is 1. The Kier molecular flexibility index (Phi) is 5.09. The van der Waals surface area contributed by atoms with Gasteiger partial charge in [-0.05, 0) is 49.4 Å². The van der Waals surface area contributed by atoms with E-state index in [9.17, 15) is 8.42 Å². The standard InChI is InChI=1S/C20H21BrN4O2S2/c21-14-4-3-5-15(12-14)29(26,27)25-10-8-24(9-11-25)19-18-16-6-1-2-7-17(16)28-20(18)23-13-22-19/h3-5,12-13H,1-2,6-11H2. The number of sulfonamides is 1. The highest BCUT2D eigenvalue weighted by atomic mass is 79.9. The van der Waals surface area contributed by atoms with Gasteiger partial charge in [-0.1, -0.05) is 22.0 Å². The van der Waals surface area contributed by atoms with Crippen molar-refractivity contribution in [2.45, 2.75) is 30.6 Å². The van der Waals surface area contributed by atoms with Crippen LogP contribution in [0, 0.1) is 0 Å². The Hall–Kier alpha value is -1.55. The third-order valence-electron chi connectivity index (χ3n) is 5.70. The molecule has 1 fully saturated rings. The molecule has 3 aromatic rings. The van der Waals surface area contributed by atoms with Crippen molar-refractivity contribution in [3.8, 4) is 0 Å². The van der Waals surface area contributed by atoms with Gasteiger partial charge in [0.1, 0.15) is 17.0 Å². The first-order valence-electron chi connectivity index (χ1n) is 9.80. The number of fused-ring (bicyclic) bond motifs is 3. The normalized spacial score (nSPS) is 18.2. The molecule has 0 amide bonds. The number of anilines is 1. The highest BCUT2D eigenvalue weighted by Gasteiger charge is 2.30. The lowest BCUT2D eigenvalue weighted by atomic mass is 9.97. The summed E-state index contributed by atoms with van der Waals surface area (Å²) in [6.45, 7) is 2.16. The first kappa shape index (κ1) is 19.4. The van der Waals surface area contributed by atoms with E-state index in [1.54, 1.807) is 40.2 Å². The Morgan fingerprint density at radius 2 is 1.83 bits per heavy atom. The largest absolute Gasteiger partial charge is 0.353 e. The molecule has 0 unspecified atom stereocenters. The molecule has 0 radical (unpaired) electrons. The fourth-order valence-electron chi connectivity index (χ4n) is 4.23. The molecule has 2 aromatic heterocycles. The Labute approximate surface area is 182 Å². The van der Waals surface area contributed by atoms with Gasteiger partial charge in [0.05, 0.1) is 10.3 Å². The zero-order valence-electron chi connectivity index (χ0n) is 15.8. The molecule has 9 heteroatoms. The highest BCUT2D eigenvalue weighted by Crippen LogP contribution is 2.39. The lowest BCUT2D eigenvalue weighted by Crippen LogP contribution is -2.49. The van der Waals surface area contributed by atoms with Crippen LogP contribution in [0.25, 0.3) is 10.2 Å². The molecule has 5 rings (SSSR count). The van der Waals surface area contributed by atoms with Crippen molar-refractivity contribution in [3.05, 3.63) is 45.5 Å². The third kappa shape index (κ3) is 3.48. The molecule has 29 heavy (non-hydrogen) atoms. The second kappa shape index (κ2) is 7.61. The van der Waals surface area contributed by atoms with E-state index in [-0.39, 0.29) is 0 Å². The Balaban J connectivity index is 1.41. The monoisotopic (exact) mass is 492 g/mol. The van der Waals surface area contributed by atoms with Crippen LogP contribution in [0.5, 0.6) is 0 Å². The molecule has 6 nitrogen and oxygen atoms in total. The van der Waals surface area contributed by atoms with Crippen LogP contribution in [0.1, 0.15) is 23.3 Å². The van der Waals surface area contributed by atoms with E-state index in [0.717, 1.165) is 28.0 Å². The summed E-state index contributed by atoms with van der Waals surface area (Å²) in [5.74, 6) is 0.967. The van der Waals surface area contributed by atoms with Gasteiger partial charge in [-0.2, -0.15) is 4.31 Å². The van der Waals surface area contributed by atoms with Gasteiger partial charge in [0.2, 0.25) is 10.0 Å². The van der Waals surface area contributed by atoms with Gasteiger partial charge < -0.3 is 4.90 Å². The van der Waals surface area contributed by atoms with Gasteiger partial charge in [0.15, 0.2) is 0 Å². The molecule has 1 aromatic carbocycles. The summed E-state index contributed by atoms with van der Waals surface area (Å²) in [7, 11) is -3.49. The summed E-state index contributed by atoms with van der Waals surface area (Å²) < 4.78 is 28.4. The van der Waals surface area contributed by atoms with Crippen LogP contribution in [-0.4, -0.2) is 48.9 Å². The zero-order chi connectivity index (χ0) is 20.0. The summed E-state index contributed by atoms with van der Waals surface area (Å²) >= 11 is 5.16. The van der Waals surface area contributed by atoms with E-state index >= 15 is 0 Å². The number of halogens is 1. The molecule has 1 saturated heterocycles. The van der Waals surface area contributed by atoms with Crippen molar-refractivity contribution in [2.24, 2.45) is 0 Å². The number of aryl methyl sites for hydroxylation is 2. The molecule has 3 heterocycles. The van der Waals surface area contributed by atoms with Crippen LogP contribution in [0.4, 0.5) is 5.82 Å². The van der Waals surface area contributed by atoms with Crippen molar-refractivity contribution < 1.29 is 8.42 Å². The number of hydrogen-bond acceptors (Lipinski definition) is 6. The molecule has 152 valence electrons. The van der Waals surface area contributed by atoms with Gasteiger partial charge >= 0.3 is 0 Å². The summed E-state index contributed by atoms with van der Waals surface area (Å²) in [6.07, 6.45) is 6.33. The van der Waals surface area contributed by atoms with Crippen LogP contribution in [0.2, 0.25) is 0 Å². The molecule has 1 aliphatic heterocycles. The number of rotatable bonds is 3. The van der Waals surface area contributed by atoms with Gasteiger partial charge in [-0.25, -0.2) is 18.4 Å². The average Bonchev–Trinajstić information content (AvgIpc) is 3.13. The van der Waals surface area contributed by atoms with Crippen LogP contribution in [0.3, 0.4) is 0 Å². The van der Waals surface area contributed by atoms with Crippen LogP contribution in [0.15, 0.2) is 40.0 Å². The first-order valence-corrected chi connectivity index (χ1v) is 12.8. The van der Waals surface area contributed by atoms with Crippen LogP contribution < -0.4 is 4.90 Å². The van der Waals surface area contributed by atoms with Gasteiger partial charge in [-0.15, -0.1) is 11.3 Å². The number of benzene rings is 1. The SMILES string of the molecule is O=S(=O)(c1cccc(Br)c1)N1CCN(c2ncnc3sc4c(c23)CCCC4)CC1. The Morgan fingerprint density at radius 3 is 2.62 bits per heavy atom. The second-order valence-electron chi connectivity index (χ2n) is 7.44. The van der Waals surface area contributed by atoms with Crippen molar-refractivity contribution in [2.75, 3.05) is 31.1 Å². The minimum atomic E-state index is -3.49. The molecular weight excluding hydrogens is 472 g/mol. The fourth-order valence-corrected chi connectivity index (χ4v) is 7.47. The molecule has 0 N–H and O–H groups in total. The zero-order valence-corrected chi connectivity index (χ0v) is 19.1. The summed E-state index contributed by atoms with van der Waals surface area (Å²) in [5, 5.41) is 1.19. The van der Waals surface area contributed by atoms with Gasteiger partial charge in [0, 0.05) is 35.5 Å². The van der Waals surface area contributed by atoms with Crippen LogP contribution in [-0.2, 0) is 22.9 Å². The quantitative estimate of drug-likeness (QED) is 0.555. The van der Waals surface area contributed by atoms with E-state index in [1.165, 1.54) is 28.7 Å². The smallest absolute Gasteiger partial charge is 0.243 e. The maximum absolute atomic E-state index is 13.0. The second-order valence-corrected chi connectivity index (χ2v) is 11.4. The van der Waals surface area contributed by atoms with Crippen molar-refractivity contribution in [1.82, 2.24) is 14.3 Å². The lowest BCUT2D eigenvalue weighted by Gasteiger charge is -2.35. The number of nitrogens with zero attached hydrogens (tertiary/aromatic N) is 4. The molecule has 0 spiro atoms. The maximum Gasteiger partial charge on any atom is 0.243 e. The molecule has 2 aliphatic rings. The maximum atomic E-state index is 13.0. The molecular formula is C20H21BrN4O2S2. The number of aromatic nitrogens is 2. The predicted octanol–water partition coefficient (Wildman–Crippen LogP) is 3.84. The van der Waals surface area contributed by atoms with Crippen molar-refractivity contribution in [1.29, 1.82) is 0 Å². The van der Waals surface area contributed by atoms with Gasteiger partial charge in [0.25, 0.3) is 0 Å². The number of piperazine rings is 1. The van der Waals surface area contributed by atoms with E-state index in [4.69, 9.17) is 0 Å². The molecule has 0 atom stereocenters. The first-order chi connectivity index (χ1) is 14.0. The minimum Gasteiger partial charge on any atom is -0.353 e. The minimum absolute atomic E-state index is 0.330. The van der Waals surface area contributed by atoms with E-state index in [0.29, 0.717) is 31.1 Å². The number of hydrogen-bond donors (Lipinski definition) is 0. The predicted molar refractivity (Wildman–Crippen MR) is 119 cm³/mol. The van der Waals surface area contributed by atoms with Crippen LogP contribution >= 0.6 is 27.3 Å². The topological polar surface area (TPSA) is 66.4 Å². The summed E-state index contributed by atoms with van der Waals surface area (Å²) in [4.78, 5) is 14.2. The van der Waals surface area contributed by atoms with Crippen molar-refractivity contribution >= 4 is 53.3 Å².